The van der Waals surface area contributed by atoms with Crippen LogP contribution in [0.5, 0.6) is 0 Å². The van der Waals surface area contributed by atoms with Crippen LogP contribution in [0.1, 0.15) is 10.5 Å². The zero-order chi connectivity index (χ0) is 12.1. The van der Waals surface area contributed by atoms with Crippen LogP contribution in [0.4, 0.5) is 0 Å². The molecule has 2 heterocycles. The summed E-state index contributed by atoms with van der Waals surface area (Å²) in [6, 6.07) is 3.65. The normalized spacial score (nSPS) is 18.4. The molecule has 2 N–H and O–H groups in total. The molecule has 5 nitrogen and oxygen atoms in total. The summed E-state index contributed by atoms with van der Waals surface area (Å²) in [4.78, 5) is 19.2. The molecule has 0 unspecified atom stereocenters. The molecule has 1 aliphatic heterocycles. The number of hydrogen-bond donors (Lipinski definition) is 2. The first kappa shape index (κ1) is 12.3. The van der Waals surface area contributed by atoms with Crippen molar-refractivity contribution in [2.75, 3.05) is 45.9 Å². The van der Waals surface area contributed by atoms with E-state index in [2.05, 4.69) is 14.8 Å². The standard InChI is InChI=1S/C12H19N3O2/c16-9-8-14-4-6-15(7-5-14)10-12(17)11-2-1-3-13-11/h1-3,13,16H,4-10H2. The summed E-state index contributed by atoms with van der Waals surface area (Å²) in [5.41, 5.74) is 0.683. The molecule has 0 atom stereocenters. The van der Waals surface area contributed by atoms with Crippen molar-refractivity contribution in [3.05, 3.63) is 24.0 Å². The number of rotatable bonds is 5. The highest BCUT2D eigenvalue weighted by molar-refractivity contribution is 5.95. The summed E-state index contributed by atoms with van der Waals surface area (Å²) in [6.07, 6.45) is 1.77. The average Bonchev–Trinajstić information content (AvgIpc) is 2.86. The van der Waals surface area contributed by atoms with Crippen molar-refractivity contribution in [3.63, 3.8) is 0 Å². The van der Waals surface area contributed by atoms with Gasteiger partial charge in [0.2, 0.25) is 0 Å². The van der Waals surface area contributed by atoms with Crippen LogP contribution in [0.3, 0.4) is 0 Å². The Bertz CT molecular complexity index is 343. The maximum atomic E-state index is 11.9. The first-order chi connectivity index (χ1) is 8.29. The van der Waals surface area contributed by atoms with Gasteiger partial charge in [0.15, 0.2) is 5.78 Å². The van der Waals surface area contributed by atoms with Gasteiger partial charge in [-0.05, 0) is 12.1 Å². The average molecular weight is 237 g/mol. The van der Waals surface area contributed by atoms with Gasteiger partial charge in [-0.1, -0.05) is 0 Å². The summed E-state index contributed by atoms with van der Waals surface area (Å²) in [7, 11) is 0. The number of aromatic amines is 1. The third kappa shape index (κ3) is 3.39. The van der Waals surface area contributed by atoms with Gasteiger partial charge >= 0.3 is 0 Å². The summed E-state index contributed by atoms with van der Waals surface area (Å²) < 4.78 is 0. The number of ketones is 1. The maximum absolute atomic E-state index is 11.9. The SMILES string of the molecule is O=C(CN1CCN(CCO)CC1)c1ccc[nH]1. The molecule has 0 spiro atoms. The summed E-state index contributed by atoms with van der Waals surface area (Å²) in [5, 5.41) is 8.84. The largest absolute Gasteiger partial charge is 0.395 e. The van der Waals surface area contributed by atoms with Crippen molar-refractivity contribution in [1.29, 1.82) is 0 Å². The van der Waals surface area contributed by atoms with Crippen molar-refractivity contribution in [2.45, 2.75) is 0 Å². The van der Waals surface area contributed by atoms with Gasteiger partial charge in [-0.15, -0.1) is 0 Å². The minimum atomic E-state index is 0.144. The monoisotopic (exact) mass is 237 g/mol. The Labute approximate surface area is 101 Å². The summed E-state index contributed by atoms with van der Waals surface area (Å²) in [6.45, 7) is 5.07. The quantitative estimate of drug-likeness (QED) is 0.697. The van der Waals surface area contributed by atoms with Gasteiger partial charge in [-0.25, -0.2) is 0 Å². The number of carbonyl (C=O) groups excluding carboxylic acids is 1. The first-order valence-electron chi connectivity index (χ1n) is 6.02. The van der Waals surface area contributed by atoms with Crippen LogP contribution in [-0.2, 0) is 0 Å². The Morgan fingerprint density at radius 1 is 1.29 bits per heavy atom. The smallest absolute Gasteiger partial charge is 0.192 e. The van der Waals surface area contributed by atoms with Crippen LogP contribution in [-0.4, -0.2) is 71.5 Å². The highest BCUT2D eigenvalue weighted by Gasteiger charge is 2.19. The second-order valence-corrected chi connectivity index (χ2v) is 4.35. The molecule has 17 heavy (non-hydrogen) atoms. The number of aliphatic hydroxyl groups is 1. The Kier molecular flexibility index (Phi) is 4.30. The Morgan fingerprint density at radius 3 is 2.59 bits per heavy atom. The second-order valence-electron chi connectivity index (χ2n) is 4.35. The van der Waals surface area contributed by atoms with E-state index in [0.717, 1.165) is 32.7 Å². The molecular weight excluding hydrogens is 218 g/mol. The zero-order valence-electron chi connectivity index (χ0n) is 9.93. The number of aromatic nitrogens is 1. The Balaban J connectivity index is 1.76. The molecule has 1 fully saturated rings. The van der Waals surface area contributed by atoms with Gasteiger partial charge in [0.05, 0.1) is 18.8 Å². The third-order valence-corrected chi connectivity index (χ3v) is 3.15. The lowest BCUT2D eigenvalue weighted by molar-refractivity contribution is 0.0819. The highest BCUT2D eigenvalue weighted by Crippen LogP contribution is 2.04. The van der Waals surface area contributed by atoms with Gasteiger partial charge in [0.1, 0.15) is 0 Å². The van der Waals surface area contributed by atoms with E-state index in [-0.39, 0.29) is 12.4 Å². The number of piperazine rings is 1. The van der Waals surface area contributed by atoms with Crippen LogP contribution >= 0.6 is 0 Å². The number of Topliss-reactive ketones (excluding diaryl/α,β-unsaturated/α-hetero) is 1. The fraction of sp³-hybridized carbons (Fsp3) is 0.583. The number of carbonyl (C=O) groups is 1. The highest BCUT2D eigenvalue weighted by atomic mass is 16.3. The molecule has 1 aliphatic rings. The number of H-pyrrole nitrogens is 1. The summed E-state index contributed by atoms with van der Waals surface area (Å²) >= 11 is 0. The summed E-state index contributed by atoms with van der Waals surface area (Å²) in [5.74, 6) is 0.144. The van der Waals surface area contributed by atoms with Crippen LogP contribution in [0, 0.1) is 0 Å². The maximum Gasteiger partial charge on any atom is 0.192 e. The fourth-order valence-corrected chi connectivity index (χ4v) is 2.10. The van der Waals surface area contributed by atoms with Crippen LogP contribution < -0.4 is 0 Å². The van der Waals surface area contributed by atoms with E-state index < -0.39 is 0 Å². The van der Waals surface area contributed by atoms with E-state index >= 15 is 0 Å². The van der Waals surface area contributed by atoms with Crippen LogP contribution in [0.2, 0.25) is 0 Å². The number of aliphatic hydroxyl groups excluding tert-OH is 1. The van der Waals surface area contributed by atoms with E-state index in [0.29, 0.717) is 12.2 Å². The van der Waals surface area contributed by atoms with Crippen molar-refractivity contribution in [3.8, 4) is 0 Å². The Hall–Kier alpha value is -1.17. The molecule has 5 heteroatoms. The van der Waals surface area contributed by atoms with E-state index in [1.807, 2.05) is 12.1 Å². The molecule has 0 amide bonds. The fourth-order valence-electron chi connectivity index (χ4n) is 2.10. The number of nitrogens with zero attached hydrogens (tertiary/aromatic N) is 2. The van der Waals surface area contributed by atoms with Crippen molar-refractivity contribution in [2.24, 2.45) is 0 Å². The van der Waals surface area contributed by atoms with Crippen LogP contribution in [0.15, 0.2) is 18.3 Å². The number of β-amino-alcohol motifs (C(OH)–C–C–N with tert-alkyl or cyclic N) is 1. The molecule has 0 aromatic carbocycles. The molecular formula is C12H19N3O2. The molecule has 1 aromatic heterocycles. The molecule has 2 rings (SSSR count). The molecule has 1 aromatic rings. The molecule has 0 bridgehead atoms. The topological polar surface area (TPSA) is 59.6 Å². The van der Waals surface area contributed by atoms with Gasteiger partial charge in [0, 0.05) is 38.9 Å². The minimum absolute atomic E-state index is 0.144. The van der Waals surface area contributed by atoms with Gasteiger partial charge in [-0.2, -0.15) is 0 Å². The van der Waals surface area contributed by atoms with Gasteiger partial charge < -0.3 is 10.1 Å². The molecule has 0 radical (unpaired) electrons. The molecule has 0 saturated carbocycles. The number of nitrogens with one attached hydrogen (secondary N) is 1. The van der Waals surface area contributed by atoms with Crippen LogP contribution in [0.25, 0.3) is 0 Å². The lowest BCUT2D eigenvalue weighted by Crippen LogP contribution is -2.48. The lowest BCUT2D eigenvalue weighted by atomic mass is 10.2. The van der Waals surface area contributed by atoms with Gasteiger partial charge in [-0.3, -0.25) is 14.6 Å². The zero-order valence-corrected chi connectivity index (χ0v) is 9.93. The predicted octanol–water partition coefficient (Wildman–Crippen LogP) is -0.193. The lowest BCUT2D eigenvalue weighted by Gasteiger charge is -2.33. The molecule has 1 saturated heterocycles. The van der Waals surface area contributed by atoms with Gasteiger partial charge in [0.25, 0.3) is 0 Å². The van der Waals surface area contributed by atoms with E-state index in [1.54, 1.807) is 6.20 Å². The van der Waals surface area contributed by atoms with E-state index in [1.165, 1.54) is 0 Å². The first-order valence-corrected chi connectivity index (χ1v) is 6.02. The molecule has 94 valence electrons. The second kappa shape index (κ2) is 5.95. The van der Waals surface area contributed by atoms with E-state index in [4.69, 9.17) is 5.11 Å². The minimum Gasteiger partial charge on any atom is -0.395 e. The number of hydrogen-bond acceptors (Lipinski definition) is 4. The predicted molar refractivity (Wildman–Crippen MR) is 65.1 cm³/mol. The third-order valence-electron chi connectivity index (χ3n) is 3.15. The van der Waals surface area contributed by atoms with Crippen molar-refractivity contribution in [1.82, 2.24) is 14.8 Å². The molecule has 0 aliphatic carbocycles. The Morgan fingerprint density at radius 2 is 2.00 bits per heavy atom. The van der Waals surface area contributed by atoms with Crippen molar-refractivity contribution >= 4 is 5.78 Å². The van der Waals surface area contributed by atoms with E-state index in [9.17, 15) is 4.79 Å². The van der Waals surface area contributed by atoms with Crippen molar-refractivity contribution < 1.29 is 9.90 Å².